The molecule has 3 heterocycles. The van der Waals surface area contributed by atoms with Crippen molar-refractivity contribution in [3.8, 4) is 0 Å². The normalized spacial score (nSPS) is 38.6. The van der Waals surface area contributed by atoms with Crippen molar-refractivity contribution >= 4 is 11.9 Å². The molecule has 0 bridgehead atoms. The molecule has 0 aromatic carbocycles. The van der Waals surface area contributed by atoms with Crippen molar-refractivity contribution in [2.45, 2.75) is 31.7 Å². The highest BCUT2D eigenvalue weighted by Gasteiger charge is 2.49. The Labute approximate surface area is 86.0 Å². The first-order valence-corrected chi connectivity index (χ1v) is 4.92. The van der Waals surface area contributed by atoms with Crippen molar-refractivity contribution in [2.75, 3.05) is 6.61 Å². The molecule has 15 heavy (non-hydrogen) atoms. The number of hydrogen-bond donors (Lipinski definition) is 0. The monoisotopic (exact) mass is 210 g/mol. The quantitative estimate of drug-likeness (QED) is 0.524. The SMILES string of the molecule is C[C@@H]1O[C@H]2CC(=O)O[C@H]2C2=C1COC2=O. The van der Waals surface area contributed by atoms with E-state index in [2.05, 4.69) is 0 Å². The van der Waals surface area contributed by atoms with Gasteiger partial charge in [-0.3, -0.25) is 4.79 Å². The first kappa shape index (κ1) is 8.91. The lowest BCUT2D eigenvalue weighted by atomic mass is 9.94. The van der Waals surface area contributed by atoms with Crippen LogP contribution in [0.15, 0.2) is 11.1 Å². The van der Waals surface area contributed by atoms with Gasteiger partial charge in [0.1, 0.15) is 12.7 Å². The van der Waals surface area contributed by atoms with Gasteiger partial charge in [-0.05, 0) is 6.92 Å². The predicted molar refractivity (Wildman–Crippen MR) is 46.8 cm³/mol. The summed E-state index contributed by atoms with van der Waals surface area (Å²) in [5, 5.41) is 0. The van der Waals surface area contributed by atoms with Crippen molar-refractivity contribution in [1.29, 1.82) is 0 Å². The van der Waals surface area contributed by atoms with Crippen molar-refractivity contribution < 1.29 is 23.8 Å². The van der Waals surface area contributed by atoms with Crippen molar-refractivity contribution in [3.05, 3.63) is 11.1 Å². The van der Waals surface area contributed by atoms with E-state index in [9.17, 15) is 9.59 Å². The lowest BCUT2D eigenvalue weighted by Gasteiger charge is -2.28. The zero-order chi connectivity index (χ0) is 10.6. The fraction of sp³-hybridized carbons (Fsp3) is 0.600. The van der Waals surface area contributed by atoms with Crippen LogP contribution < -0.4 is 0 Å². The molecular weight excluding hydrogens is 200 g/mol. The average Bonchev–Trinajstić information content (AvgIpc) is 2.69. The van der Waals surface area contributed by atoms with Crippen LogP contribution in [-0.4, -0.2) is 36.9 Å². The summed E-state index contributed by atoms with van der Waals surface area (Å²) in [6, 6.07) is 0. The van der Waals surface area contributed by atoms with Crippen LogP contribution >= 0.6 is 0 Å². The molecule has 3 rings (SSSR count). The van der Waals surface area contributed by atoms with Crippen LogP contribution in [0.25, 0.3) is 0 Å². The third kappa shape index (κ3) is 1.13. The number of hydrogen-bond acceptors (Lipinski definition) is 5. The number of fused-ring (bicyclic) bond motifs is 2. The summed E-state index contributed by atoms with van der Waals surface area (Å²) in [5.74, 6) is -0.685. The largest absolute Gasteiger partial charge is 0.458 e. The maximum atomic E-state index is 11.5. The van der Waals surface area contributed by atoms with E-state index in [1.54, 1.807) is 0 Å². The second kappa shape index (κ2) is 2.82. The van der Waals surface area contributed by atoms with E-state index in [0.29, 0.717) is 5.57 Å². The fourth-order valence-electron chi connectivity index (χ4n) is 2.31. The maximum Gasteiger partial charge on any atom is 0.338 e. The molecule has 0 aromatic heterocycles. The molecule has 0 amide bonds. The molecule has 1 saturated heterocycles. The first-order valence-electron chi connectivity index (χ1n) is 4.92. The Morgan fingerprint density at radius 1 is 1.33 bits per heavy atom. The van der Waals surface area contributed by atoms with Crippen LogP contribution in [-0.2, 0) is 23.8 Å². The molecule has 0 aliphatic carbocycles. The summed E-state index contributed by atoms with van der Waals surface area (Å²) >= 11 is 0. The molecule has 0 spiro atoms. The minimum absolute atomic E-state index is 0.165. The fourth-order valence-corrected chi connectivity index (χ4v) is 2.31. The van der Waals surface area contributed by atoms with E-state index in [0.717, 1.165) is 5.57 Å². The molecule has 0 saturated carbocycles. The molecule has 3 aliphatic rings. The molecule has 5 heteroatoms. The van der Waals surface area contributed by atoms with Crippen molar-refractivity contribution in [2.24, 2.45) is 0 Å². The Balaban J connectivity index is 2.04. The summed E-state index contributed by atoms with van der Waals surface area (Å²) in [6.45, 7) is 2.12. The van der Waals surface area contributed by atoms with Crippen molar-refractivity contribution in [3.63, 3.8) is 0 Å². The van der Waals surface area contributed by atoms with Gasteiger partial charge in [0.05, 0.1) is 18.1 Å². The van der Waals surface area contributed by atoms with Gasteiger partial charge >= 0.3 is 11.9 Å². The summed E-state index contributed by atoms with van der Waals surface area (Å²) in [5.41, 5.74) is 1.32. The van der Waals surface area contributed by atoms with E-state index in [1.807, 2.05) is 6.92 Å². The second-order valence-electron chi connectivity index (χ2n) is 3.95. The lowest BCUT2D eigenvalue weighted by Crippen LogP contribution is -2.37. The molecular formula is C10H10O5. The van der Waals surface area contributed by atoms with E-state index in [4.69, 9.17) is 14.2 Å². The number of cyclic esters (lactones) is 1. The van der Waals surface area contributed by atoms with Gasteiger partial charge in [-0.1, -0.05) is 0 Å². The van der Waals surface area contributed by atoms with Gasteiger partial charge in [-0.2, -0.15) is 0 Å². The first-order chi connectivity index (χ1) is 7.16. The highest BCUT2D eigenvalue weighted by molar-refractivity contribution is 5.94. The Morgan fingerprint density at radius 2 is 2.13 bits per heavy atom. The zero-order valence-electron chi connectivity index (χ0n) is 8.19. The van der Waals surface area contributed by atoms with E-state index < -0.39 is 6.10 Å². The lowest BCUT2D eigenvalue weighted by molar-refractivity contribution is -0.143. The van der Waals surface area contributed by atoms with Gasteiger partial charge < -0.3 is 14.2 Å². The van der Waals surface area contributed by atoms with Crippen LogP contribution in [0.3, 0.4) is 0 Å². The van der Waals surface area contributed by atoms with Gasteiger partial charge in [-0.15, -0.1) is 0 Å². The standard InChI is InChI=1S/C10H10O5/c1-4-5-3-13-10(12)8(5)9-6(14-4)2-7(11)15-9/h4,6,9H,2-3H2,1H3/t4-,6-,9+/m0/s1. The number of carbonyl (C=O) groups is 2. The van der Waals surface area contributed by atoms with Gasteiger partial charge in [0.15, 0.2) is 6.10 Å². The van der Waals surface area contributed by atoms with Gasteiger partial charge in [-0.25, -0.2) is 4.79 Å². The Morgan fingerprint density at radius 3 is 2.93 bits per heavy atom. The molecule has 5 nitrogen and oxygen atoms in total. The maximum absolute atomic E-state index is 11.5. The number of ether oxygens (including phenoxy) is 3. The minimum Gasteiger partial charge on any atom is -0.458 e. The van der Waals surface area contributed by atoms with Crippen LogP contribution in [0.2, 0.25) is 0 Å². The average molecular weight is 210 g/mol. The minimum atomic E-state index is -0.543. The van der Waals surface area contributed by atoms with Crippen molar-refractivity contribution in [1.82, 2.24) is 0 Å². The third-order valence-corrected chi connectivity index (χ3v) is 3.04. The summed E-state index contributed by atoms with van der Waals surface area (Å²) in [6.07, 6.45) is -0.809. The number of esters is 2. The smallest absolute Gasteiger partial charge is 0.338 e. The van der Waals surface area contributed by atoms with E-state index in [1.165, 1.54) is 0 Å². The van der Waals surface area contributed by atoms with E-state index >= 15 is 0 Å². The van der Waals surface area contributed by atoms with Crippen LogP contribution in [0.4, 0.5) is 0 Å². The number of carbonyl (C=O) groups excluding carboxylic acids is 2. The highest BCUT2D eigenvalue weighted by atomic mass is 16.6. The molecule has 3 atom stereocenters. The van der Waals surface area contributed by atoms with E-state index in [-0.39, 0.29) is 37.2 Å². The molecule has 1 fully saturated rings. The summed E-state index contributed by atoms with van der Waals surface area (Å²) < 4.78 is 15.6. The summed E-state index contributed by atoms with van der Waals surface area (Å²) in [7, 11) is 0. The molecule has 0 aromatic rings. The van der Waals surface area contributed by atoms with Crippen LogP contribution in [0, 0.1) is 0 Å². The molecule has 0 radical (unpaired) electrons. The Hall–Kier alpha value is -1.36. The predicted octanol–water partition coefficient (Wildman–Crippen LogP) is -0.0574. The zero-order valence-corrected chi connectivity index (χ0v) is 8.19. The Bertz CT molecular complexity index is 383. The number of rotatable bonds is 0. The summed E-state index contributed by atoms with van der Waals surface area (Å²) in [4.78, 5) is 22.6. The topological polar surface area (TPSA) is 61.8 Å². The molecule has 3 aliphatic heterocycles. The molecule has 0 unspecified atom stereocenters. The molecule has 80 valence electrons. The van der Waals surface area contributed by atoms with Gasteiger partial charge in [0.2, 0.25) is 0 Å². The van der Waals surface area contributed by atoms with Gasteiger partial charge in [0.25, 0.3) is 0 Å². The Kier molecular flexibility index (Phi) is 1.68. The second-order valence-corrected chi connectivity index (χ2v) is 3.95. The third-order valence-electron chi connectivity index (χ3n) is 3.04. The van der Waals surface area contributed by atoms with Crippen LogP contribution in [0.1, 0.15) is 13.3 Å². The van der Waals surface area contributed by atoms with Gasteiger partial charge in [0, 0.05) is 5.57 Å². The van der Waals surface area contributed by atoms with Crippen LogP contribution in [0.5, 0.6) is 0 Å². The highest BCUT2D eigenvalue weighted by Crippen LogP contribution is 2.37. The molecule has 0 N–H and O–H groups in total.